The van der Waals surface area contributed by atoms with Crippen LogP contribution in [0.5, 0.6) is 0 Å². The molecule has 2 heteroatoms. The zero-order valence-corrected chi connectivity index (χ0v) is 9.31. The van der Waals surface area contributed by atoms with E-state index in [0.717, 1.165) is 17.8 Å². The van der Waals surface area contributed by atoms with Gasteiger partial charge in [0, 0.05) is 13.2 Å². The van der Waals surface area contributed by atoms with E-state index >= 15 is 0 Å². The molecule has 0 aromatic carbocycles. The van der Waals surface area contributed by atoms with Gasteiger partial charge >= 0.3 is 0 Å². The lowest BCUT2D eigenvalue weighted by atomic mass is 9.51. The summed E-state index contributed by atoms with van der Waals surface area (Å²) in [6, 6.07) is 0. The van der Waals surface area contributed by atoms with Gasteiger partial charge in [-0.05, 0) is 67.6 Å². The minimum absolute atomic E-state index is 0.344. The van der Waals surface area contributed by atoms with E-state index in [-0.39, 0.29) is 0 Å². The fraction of sp³-hybridized carbons (Fsp3) is 1.00. The van der Waals surface area contributed by atoms with Crippen molar-refractivity contribution in [3.63, 3.8) is 0 Å². The van der Waals surface area contributed by atoms with E-state index in [1.165, 1.54) is 32.1 Å². The maximum absolute atomic E-state index is 9.55. The predicted octanol–water partition coefficient (Wildman–Crippen LogP) is 1.66. The molecule has 2 nitrogen and oxygen atoms in total. The van der Waals surface area contributed by atoms with E-state index in [1.54, 1.807) is 0 Å². The Hall–Kier alpha value is -0.0800. The number of hydrogen-bond donors (Lipinski definition) is 2. The lowest BCUT2D eigenvalue weighted by Crippen LogP contribution is -2.49. The number of rotatable bonds is 2. The third-order valence-corrected chi connectivity index (χ3v) is 5.57. The van der Waals surface area contributed by atoms with Crippen LogP contribution in [0.25, 0.3) is 0 Å². The highest BCUT2D eigenvalue weighted by Gasteiger charge is 2.49. The van der Waals surface area contributed by atoms with Crippen LogP contribution in [-0.2, 0) is 0 Å². The molecule has 0 radical (unpaired) electrons. The fourth-order valence-electron chi connectivity index (χ4n) is 4.82. The average molecular weight is 210 g/mol. The van der Waals surface area contributed by atoms with Crippen LogP contribution in [0.4, 0.5) is 0 Å². The Morgan fingerprint density at radius 1 is 0.800 bits per heavy atom. The number of fused-ring (bicyclic) bond motifs is 2. The van der Waals surface area contributed by atoms with Gasteiger partial charge in [-0.3, -0.25) is 0 Å². The van der Waals surface area contributed by atoms with Crippen LogP contribution in [-0.4, -0.2) is 23.4 Å². The minimum atomic E-state index is 0.344. The van der Waals surface area contributed by atoms with E-state index in [1.807, 2.05) is 0 Å². The van der Waals surface area contributed by atoms with Crippen LogP contribution in [0.3, 0.4) is 0 Å². The van der Waals surface area contributed by atoms with Crippen LogP contribution < -0.4 is 0 Å². The summed E-state index contributed by atoms with van der Waals surface area (Å²) in [4.78, 5) is 0. The second kappa shape index (κ2) is 3.74. The van der Waals surface area contributed by atoms with Gasteiger partial charge in [0.25, 0.3) is 0 Å². The lowest BCUT2D eigenvalue weighted by Gasteiger charge is -2.55. The molecule has 3 rings (SSSR count). The highest BCUT2D eigenvalue weighted by atomic mass is 16.3. The molecule has 0 aliphatic heterocycles. The standard InChI is InChI=1S/C13H22O2/c14-6-11-3-8-1-2-9-4-10(8)5-12(11)13(9)7-15/h8-15H,1-7H2/t8?,9?,10?,11?,12?,13-/m1/s1. The zero-order chi connectivity index (χ0) is 10.4. The molecule has 5 unspecified atom stereocenters. The van der Waals surface area contributed by atoms with Crippen molar-refractivity contribution in [3.8, 4) is 0 Å². The molecule has 86 valence electrons. The van der Waals surface area contributed by atoms with E-state index in [4.69, 9.17) is 0 Å². The van der Waals surface area contributed by atoms with Crippen molar-refractivity contribution in [2.24, 2.45) is 35.5 Å². The molecule has 0 spiro atoms. The highest BCUT2D eigenvalue weighted by molar-refractivity contribution is 4.99. The van der Waals surface area contributed by atoms with Gasteiger partial charge in [-0.15, -0.1) is 0 Å². The Labute approximate surface area is 91.7 Å². The summed E-state index contributed by atoms with van der Waals surface area (Å²) in [6.45, 7) is 0.695. The molecule has 15 heavy (non-hydrogen) atoms. The van der Waals surface area contributed by atoms with Crippen molar-refractivity contribution in [2.45, 2.75) is 32.1 Å². The molecular formula is C13H22O2. The molecule has 6 atom stereocenters. The quantitative estimate of drug-likeness (QED) is 0.727. The monoisotopic (exact) mass is 210 g/mol. The van der Waals surface area contributed by atoms with Crippen molar-refractivity contribution in [3.05, 3.63) is 0 Å². The molecule has 0 heterocycles. The van der Waals surface area contributed by atoms with Gasteiger partial charge < -0.3 is 10.2 Å². The second-order valence-corrected chi connectivity index (χ2v) is 6.02. The molecule has 0 saturated heterocycles. The van der Waals surface area contributed by atoms with Crippen molar-refractivity contribution in [1.82, 2.24) is 0 Å². The Morgan fingerprint density at radius 2 is 1.60 bits per heavy atom. The van der Waals surface area contributed by atoms with Crippen molar-refractivity contribution < 1.29 is 10.2 Å². The lowest BCUT2D eigenvalue weighted by molar-refractivity contribution is -0.0835. The van der Waals surface area contributed by atoms with Crippen LogP contribution in [0, 0.1) is 35.5 Å². The molecule has 0 aromatic rings. The van der Waals surface area contributed by atoms with Gasteiger partial charge in [0.05, 0.1) is 0 Å². The first-order valence-electron chi connectivity index (χ1n) is 6.55. The van der Waals surface area contributed by atoms with Crippen molar-refractivity contribution >= 4 is 0 Å². The summed E-state index contributed by atoms with van der Waals surface area (Å²) < 4.78 is 0. The topological polar surface area (TPSA) is 40.5 Å². The minimum Gasteiger partial charge on any atom is -0.396 e. The van der Waals surface area contributed by atoms with Gasteiger partial charge in [0.15, 0.2) is 0 Å². The molecule has 3 fully saturated rings. The maximum Gasteiger partial charge on any atom is 0.0464 e. The Bertz CT molecular complexity index is 241. The van der Waals surface area contributed by atoms with Gasteiger partial charge in [0.2, 0.25) is 0 Å². The molecule has 3 bridgehead atoms. The van der Waals surface area contributed by atoms with Crippen molar-refractivity contribution in [1.29, 1.82) is 0 Å². The number of aliphatic hydroxyl groups excluding tert-OH is 2. The molecule has 0 amide bonds. The van der Waals surface area contributed by atoms with E-state index < -0.39 is 0 Å². The molecule has 2 N–H and O–H groups in total. The molecule has 3 saturated carbocycles. The summed E-state index contributed by atoms with van der Waals surface area (Å²) in [5, 5.41) is 19.0. The third-order valence-electron chi connectivity index (χ3n) is 5.57. The van der Waals surface area contributed by atoms with Gasteiger partial charge in [-0.1, -0.05) is 0 Å². The Kier molecular flexibility index (Phi) is 2.52. The van der Waals surface area contributed by atoms with Gasteiger partial charge in [0.1, 0.15) is 0 Å². The van der Waals surface area contributed by atoms with Crippen LogP contribution >= 0.6 is 0 Å². The van der Waals surface area contributed by atoms with Crippen LogP contribution in [0.15, 0.2) is 0 Å². The molecule has 3 aliphatic carbocycles. The van der Waals surface area contributed by atoms with Crippen LogP contribution in [0.1, 0.15) is 32.1 Å². The predicted molar refractivity (Wildman–Crippen MR) is 58.2 cm³/mol. The molecular weight excluding hydrogens is 188 g/mol. The summed E-state index contributed by atoms with van der Waals surface area (Å²) in [6.07, 6.45) is 6.58. The van der Waals surface area contributed by atoms with Crippen LogP contribution in [0.2, 0.25) is 0 Å². The van der Waals surface area contributed by atoms with Crippen molar-refractivity contribution in [2.75, 3.05) is 13.2 Å². The van der Waals surface area contributed by atoms with E-state index in [2.05, 4.69) is 0 Å². The average Bonchev–Trinajstić information content (AvgIpc) is 2.27. The largest absolute Gasteiger partial charge is 0.396 e. The third kappa shape index (κ3) is 1.45. The first-order valence-corrected chi connectivity index (χ1v) is 6.55. The molecule has 0 aromatic heterocycles. The zero-order valence-electron chi connectivity index (χ0n) is 9.31. The summed E-state index contributed by atoms with van der Waals surface area (Å²) in [5.41, 5.74) is 0. The normalized spacial score (nSPS) is 53.2. The van der Waals surface area contributed by atoms with E-state index in [0.29, 0.717) is 31.0 Å². The highest BCUT2D eigenvalue weighted by Crippen LogP contribution is 2.56. The number of hydrogen-bond acceptors (Lipinski definition) is 2. The summed E-state index contributed by atoms with van der Waals surface area (Å²) in [5.74, 6) is 4.21. The Morgan fingerprint density at radius 3 is 2.33 bits per heavy atom. The molecule has 3 aliphatic rings. The SMILES string of the molecule is OCC1CC2CCC3CC2CC1[C@@H]3CO. The van der Waals surface area contributed by atoms with E-state index in [9.17, 15) is 10.2 Å². The Balaban J connectivity index is 1.87. The maximum atomic E-state index is 9.55. The smallest absolute Gasteiger partial charge is 0.0464 e. The number of aliphatic hydroxyl groups is 2. The van der Waals surface area contributed by atoms with Gasteiger partial charge in [-0.2, -0.15) is 0 Å². The second-order valence-electron chi connectivity index (χ2n) is 6.02. The first-order chi connectivity index (χ1) is 7.33. The summed E-state index contributed by atoms with van der Waals surface area (Å²) in [7, 11) is 0. The summed E-state index contributed by atoms with van der Waals surface area (Å²) >= 11 is 0. The van der Waals surface area contributed by atoms with Gasteiger partial charge in [-0.25, -0.2) is 0 Å². The first kappa shape index (κ1) is 10.1. The fourth-order valence-corrected chi connectivity index (χ4v) is 4.82.